The van der Waals surface area contributed by atoms with Gasteiger partial charge in [-0.1, -0.05) is 29.8 Å². The summed E-state index contributed by atoms with van der Waals surface area (Å²) in [6, 6.07) is 11.1. The van der Waals surface area contributed by atoms with Crippen LogP contribution in [0.4, 0.5) is 0 Å². The van der Waals surface area contributed by atoms with Crippen molar-refractivity contribution >= 4 is 10.0 Å². The summed E-state index contributed by atoms with van der Waals surface area (Å²) in [6.45, 7) is 5.71. The van der Waals surface area contributed by atoms with Crippen molar-refractivity contribution in [2.75, 3.05) is 20.8 Å². The van der Waals surface area contributed by atoms with Crippen LogP contribution in [0.5, 0.6) is 5.75 Å². The van der Waals surface area contributed by atoms with Crippen LogP contribution in [0.3, 0.4) is 0 Å². The average molecular weight is 363 g/mol. The first kappa shape index (κ1) is 19.4. The Bertz CT molecular complexity index is 823. The van der Waals surface area contributed by atoms with E-state index in [4.69, 9.17) is 9.47 Å². The van der Waals surface area contributed by atoms with Crippen molar-refractivity contribution in [1.82, 2.24) is 4.72 Å². The number of hydrogen-bond acceptors (Lipinski definition) is 4. The molecular formula is C19H25NO4S. The lowest BCUT2D eigenvalue weighted by molar-refractivity contribution is 0.107. The molecule has 2 aromatic rings. The minimum Gasteiger partial charge on any atom is -0.497 e. The van der Waals surface area contributed by atoms with Gasteiger partial charge < -0.3 is 9.47 Å². The van der Waals surface area contributed by atoms with Crippen molar-refractivity contribution in [2.24, 2.45) is 0 Å². The van der Waals surface area contributed by atoms with Crippen LogP contribution in [0, 0.1) is 20.8 Å². The van der Waals surface area contributed by atoms with E-state index in [1.54, 1.807) is 14.2 Å². The Kier molecular flexibility index (Phi) is 6.21. The highest BCUT2D eigenvalue weighted by atomic mass is 32.2. The molecule has 0 aliphatic carbocycles. The number of hydrogen-bond donors (Lipinski definition) is 1. The molecule has 0 aromatic heterocycles. The molecule has 1 unspecified atom stereocenters. The first-order valence-electron chi connectivity index (χ1n) is 8.02. The number of ether oxygens (including phenoxy) is 2. The maximum absolute atomic E-state index is 12.8. The van der Waals surface area contributed by atoms with Crippen LogP contribution in [-0.4, -0.2) is 29.2 Å². The number of aryl methyl sites for hydroxylation is 3. The molecule has 0 saturated carbocycles. The van der Waals surface area contributed by atoms with Crippen LogP contribution in [0.2, 0.25) is 0 Å². The second-order valence-electron chi connectivity index (χ2n) is 6.08. The first-order chi connectivity index (χ1) is 11.8. The molecule has 0 aliphatic heterocycles. The number of methoxy groups -OCH3 is 2. The lowest BCUT2D eigenvalue weighted by atomic mass is 10.1. The lowest BCUT2D eigenvalue weighted by Gasteiger charge is -2.19. The van der Waals surface area contributed by atoms with Crippen molar-refractivity contribution in [3.8, 4) is 5.75 Å². The zero-order valence-electron chi connectivity index (χ0n) is 15.3. The van der Waals surface area contributed by atoms with E-state index in [-0.39, 0.29) is 6.54 Å². The largest absolute Gasteiger partial charge is 0.497 e. The number of nitrogens with one attached hydrogen (secondary N) is 1. The first-order valence-corrected chi connectivity index (χ1v) is 9.51. The monoisotopic (exact) mass is 363 g/mol. The quantitative estimate of drug-likeness (QED) is 0.820. The summed E-state index contributed by atoms with van der Waals surface area (Å²) in [5.74, 6) is 0.702. The van der Waals surface area contributed by atoms with Gasteiger partial charge in [-0.25, -0.2) is 13.1 Å². The van der Waals surface area contributed by atoms with Gasteiger partial charge in [-0.05, 0) is 49.6 Å². The van der Waals surface area contributed by atoms with Crippen LogP contribution in [0.15, 0.2) is 41.3 Å². The van der Waals surface area contributed by atoms with Crippen molar-refractivity contribution in [2.45, 2.75) is 31.8 Å². The zero-order valence-corrected chi connectivity index (χ0v) is 16.1. The Morgan fingerprint density at radius 2 is 1.68 bits per heavy atom. The molecule has 1 N–H and O–H groups in total. The van der Waals surface area contributed by atoms with Gasteiger partial charge in [0.2, 0.25) is 10.0 Å². The summed E-state index contributed by atoms with van der Waals surface area (Å²) in [6.07, 6.45) is -0.407. The summed E-state index contributed by atoms with van der Waals surface area (Å²) in [4.78, 5) is 0.332. The van der Waals surface area contributed by atoms with Crippen LogP contribution in [-0.2, 0) is 14.8 Å². The minimum atomic E-state index is -3.63. The van der Waals surface area contributed by atoms with E-state index in [1.165, 1.54) is 0 Å². The normalized spacial score (nSPS) is 12.8. The zero-order chi connectivity index (χ0) is 18.6. The smallest absolute Gasteiger partial charge is 0.241 e. The fourth-order valence-corrected chi connectivity index (χ4v) is 4.51. The predicted octanol–water partition coefficient (Wildman–Crippen LogP) is 3.29. The fourth-order valence-electron chi connectivity index (χ4n) is 3.03. The molecule has 0 saturated heterocycles. The van der Waals surface area contributed by atoms with Crippen LogP contribution >= 0.6 is 0 Å². The van der Waals surface area contributed by atoms with Gasteiger partial charge in [-0.15, -0.1) is 0 Å². The lowest BCUT2D eigenvalue weighted by Crippen LogP contribution is -2.30. The molecule has 0 heterocycles. The van der Waals surface area contributed by atoms with Gasteiger partial charge in [-0.3, -0.25) is 0 Å². The predicted molar refractivity (Wildman–Crippen MR) is 98.6 cm³/mol. The maximum Gasteiger partial charge on any atom is 0.241 e. The summed E-state index contributed by atoms with van der Waals surface area (Å²) in [5.41, 5.74) is 3.36. The van der Waals surface area contributed by atoms with Gasteiger partial charge in [0.05, 0.1) is 18.1 Å². The molecule has 0 radical (unpaired) electrons. The Hall–Kier alpha value is -1.89. The summed E-state index contributed by atoms with van der Waals surface area (Å²) in [5, 5.41) is 0. The molecule has 1 atom stereocenters. The van der Waals surface area contributed by atoms with Gasteiger partial charge in [0.25, 0.3) is 0 Å². The van der Waals surface area contributed by atoms with Crippen molar-refractivity contribution in [3.63, 3.8) is 0 Å². The maximum atomic E-state index is 12.8. The van der Waals surface area contributed by atoms with E-state index >= 15 is 0 Å². The highest BCUT2D eigenvalue weighted by Gasteiger charge is 2.22. The molecular weight excluding hydrogens is 338 g/mol. The van der Waals surface area contributed by atoms with E-state index in [1.807, 2.05) is 57.2 Å². The highest BCUT2D eigenvalue weighted by Crippen LogP contribution is 2.24. The molecule has 0 bridgehead atoms. The second kappa shape index (κ2) is 7.99. The van der Waals surface area contributed by atoms with Crippen molar-refractivity contribution in [3.05, 3.63) is 58.7 Å². The molecule has 6 heteroatoms. The van der Waals surface area contributed by atoms with Crippen LogP contribution < -0.4 is 9.46 Å². The summed E-state index contributed by atoms with van der Waals surface area (Å²) in [7, 11) is -0.482. The van der Waals surface area contributed by atoms with Gasteiger partial charge in [0.15, 0.2) is 0 Å². The Labute approximate surface area is 150 Å². The van der Waals surface area contributed by atoms with E-state index in [9.17, 15) is 8.42 Å². The molecule has 2 aromatic carbocycles. The molecule has 0 fully saturated rings. The molecule has 0 amide bonds. The fraction of sp³-hybridized carbons (Fsp3) is 0.368. The van der Waals surface area contributed by atoms with Crippen LogP contribution in [0.1, 0.15) is 28.4 Å². The third-order valence-electron chi connectivity index (χ3n) is 4.08. The molecule has 5 nitrogen and oxygen atoms in total. The van der Waals surface area contributed by atoms with E-state index in [0.29, 0.717) is 10.6 Å². The topological polar surface area (TPSA) is 64.6 Å². The summed E-state index contributed by atoms with van der Waals surface area (Å²) < 4.78 is 38.9. The van der Waals surface area contributed by atoms with E-state index < -0.39 is 16.1 Å². The van der Waals surface area contributed by atoms with Gasteiger partial charge in [-0.2, -0.15) is 0 Å². The van der Waals surface area contributed by atoms with Gasteiger partial charge >= 0.3 is 0 Å². The minimum absolute atomic E-state index is 0.138. The van der Waals surface area contributed by atoms with Crippen molar-refractivity contribution < 1.29 is 17.9 Å². The Morgan fingerprint density at radius 1 is 1.04 bits per heavy atom. The third kappa shape index (κ3) is 4.60. The molecule has 0 spiro atoms. The number of rotatable bonds is 7. The average Bonchev–Trinajstić information content (AvgIpc) is 2.54. The van der Waals surface area contributed by atoms with E-state index in [2.05, 4.69) is 4.72 Å². The van der Waals surface area contributed by atoms with Crippen LogP contribution in [0.25, 0.3) is 0 Å². The Balaban J connectivity index is 2.23. The third-order valence-corrected chi connectivity index (χ3v) is 5.81. The molecule has 2 rings (SSSR count). The second-order valence-corrected chi connectivity index (χ2v) is 7.78. The number of sulfonamides is 1. The standard InChI is InChI=1S/C19H25NO4S/c1-13-9-14(2)19(15(3)10-13)25(21,22)20-12-18(24-5)16-7-6-8-17(11-16)23-4/h6-11,18,20H,12H2,1-5H3. The van der Waals surface area contributed by atoms with E-state index in [0.717, 1.165) is 22.3 Å². The number of benzene rings is 2. The molecule has 0 aliphatic rings. The van der Waals surface area contributed by atoms with Gasteiger partial charge in [0.1, 0.15) is 5.75 Å². The van der Waals surface area contributed by atoms with Gasteiger partial charge in [0, 0.05) is 13.7 Å². The van der Waals surface area contributed by atoms with Crippen molar-refractivity contribution in [1.29, 1.82) is 0 Å². The molecule has 136 valence electrons. The summed E-state index contributed by atoms with van der Waals surface area (Å²) >= 11 is 0. The SMILES string of the molecule is COc1cccc(C(CNS(=O)(=O)c2c(C)cc(C)cc2C)OC)c1. The highest BCUT2D eigenvalue weighted by molar-refractivity contribution is 7.89. The molecule has 25 heavy (non-hydrogen) atoms. The Morgan fingerprint density at radius 3 is 2.24 bits per heavy atom.